The lowest BCUT2D eigenvalue weighted by atomic mass is 9.90. The Hall–Kier alpha value is -1.88. The van der Waals surface area contributed by atoms with Gasteiger partial charge in [-0.3, -0.25) is 4.79 Å². The lowest BCUT2D eigenvalue weighted by Crippen LogP contribution is -2.29. The molecule has 0 unspecified atom stereocenters. The Kier molecular flexibility index (Phi) is 4.32. The maximum absolute atomic E-state index is 11.3. The number of carbonyl (C=O) groups is 1. The van der Waals surface area contributed by atoms with Crippen LogP contribution in [0.15, 0.2) is 29.6 Å². The molecular weight excluding hydrogens is 284 g/mol. The molecule has 21 heavy (non-hydrogen) atoms. The third-order valence-corrected chi connectivity index (χ3v) is 4.42. The zero-order chi connectivity index (χ0) is 15.6. The Labute approximate surface area is 129 Å². The molecule has 2 rings (SSSR count). The molecule has 0 fully saturated rings. The van der Waals surface area contributed by atoms with E-state index in [1.165, 1.54) is 16.9 Å². The van der Waals surface area contributed by atoms with E-state index >= 15 is 0 Å². The number of carboxylic acid groups (broad SMARTS) is 1. The van der Waals surface area contributed by atoms with Gasteiger partial charge in [0.15, 0.2) is 5.13 Å². The number of anilines is 2. The second-order valence-electron chi connectivity index (χ2n) is 5.53. The molecule has 0 spiro atoms. The van der Waals surface area contributed by atoms with Crippen molar-refractivity contribution in [2.45, 2.75) is 33.1 Å². The highest BCUT2D eigenvalue weighted by atomic mass is 32.1. The summed E-state index contributed by atoms with van der Waals surface area (Å²) in [6.45, 7) is 8.25. The summed E-state index contributed by atoms with van der Waals surface area (Å²) in [5.74, 6) is -0.863. The van der Waals surface area contributed by atoms with Gasteiger partial charge in [0.1, 0.15) is 5.41 Å². The van der Waals surface area contributed by atoms with Crippen molar-refractivity contribution in [2.24, 2.45) is 0 Å². The van der Waals surface area contributed by atoms with E-state index in [1.54, 1.807) is 13.8 Å². The first kappa shape index (κ1) is 15.5. The van der Waals surface area contributed by atoms with Crippen LogP contribution >= 0.6 is 11.3 Å². The minimum absolute atomic E-state index is 0.598. The fourth-order valence-electron chi connectivity index (χ4n) is 1.94. The standard InChI is InChI=1S/C16H20N2O2S/c1-5-18(12-8-6-11(2)7-9-12)15-17-13(10-21-15)16(3,4)14(19)20/h6-10H,5H2,1-4H3,(H,19,20). The summed E-state index contributed by atoms with van der Waals surface area (Å²) in [6.07, 6.45) is 0. The largest absolute Gasteiger partial charge is 0.481 e. The van der Waals surface area contributed by atoms with Gasteiger partial charge in [-0.05, 0) is 39.8 Å². The number of nitrogens with zero attached hydrogens (tertiary/aromatic N) is 2. The van der Waals surface area contributed by atoms with E-state index < -0.39 is 11.4 Å². The summed E-state index contributed by atoms with van der Waals surface area (Å²) in [4.78, 5) is 18.0. The third-order valence-electron chi connectivity index (χ3n) is 3.56. The summed E-state index contributed by atoms with van der Waals surface area (Å²) in [7, 11) is 0. The molecule has 1 aromatic carbocycles. The average molecular weight is 304 g/mol. The molecule has 112 valence electrons. The topological polar surface area (TPSA) is 53.4 Å². The molecule has 1 heterocycles. The highest BCUT2D eigenvalue weighted by Crippen LogP contribution is 2.32. The van der Waals surface area contributed by atoms with Crippen molar-refractivity contribution in [3.05, 3.63) is 40.9 Å². The van der Waals surface area contributed by atoms with Gasteiger partial charge in [0.2, 0.25) is 0 Å². The predicted molar refractivity (Wildman–Crippen MR) is 86.6 cm³/mol. The summed E-state index contributed by atoms with van der Waals surface area (Å²) in [5.41, 5.74) is 1.90. The first-order valence-corrected chi connectivity index (χ1v) is 7.78. The van der Waals surface area contributed by atoms with Crippen LogP contribution in [0, 0.1) is 6.92 Å². The van der Waals surface area contributed by atoms with Crippen molar-refractivity contribution in [1.29, 1.82) is 0 Å². The van der Waals surface area contributed by atoms with Gasteiger partial charge in [-0.25, -0.2) is 4.98 Å². The SMILES string of the molecule is CCN(c1ccc(C)cc1)c1nc(C(C)(C)C(=O)O)cs1. The molecule has 0 amide bonds. The van der Waals surface area contributed by atoms with Gasteiger partial charge >= 0.3 is 5.97 Å². The highest BCUT2D eigenvalue weighted by Gasteiger charge is 2.32. The first-order chi connectivity index (χ1) is 9.86. The number of aryl methyl sites for hydroxylation is 1. The zero-order valence-corrected chi connectivity index (χ0v) is 13.6. The van der Waals surface area contributed by atoms with E-state index in [0.29, 0.717) is 5.69 Å². The molecule has 4 nitrogen and oxygen atoms in total. The molecule has 0 saturated heterocycles. The molecule has 0 radical (unpaired) electrons. The highest BCUT2D eigenvalue weighted by molar-refractivity contribution is 7.13. The Morgan fingerprint density at radius 3 is 2.48 bits per heavy atom. The third kappa shape index (κ3) is 3.08. The van der Waals surface area contributed by atoms with Crippen molar-refractivity contribution in [1.82, 2.24) is 4.98 Å². The van der Waals surface area contributed by atoms with Gasteiger partial charge < -0.3 is 10.0 Å². The van der Waals surface area contributed by atoms with Crippen LogP contribution in [-0.2, 0) is 10.2 Å². The molecule has 0 bridgehead atoms. The molecule has 0 saturated carbocycles. The van der Waals surface area contributed by atoms with Crippen molar-refractivity contribution in [2.75, 3.05) is 11.4 Å². The summed E-state index contributed by atoms with van der Waals surface area (Å²) in [6, 6.07) is 8.24. The van der Waals surface area contributed by atoms with E-state index in [2.05, 4.69) is 48.0 Å². The molecule has 1 N–H and O–H groups in total. The van der Waals surface area contributed by atoms with Gasteiger partial charge in [-0.1, -0.05) is 17.7 Å². The number of aliphatic carboxylic acids is 1. The van der Waals surface area contributed by atoms with Crippen molar-refractivity contribution in [3.8, 4) is 0 Å². The van der Waals surface area contributed by atoms with E-state index in [9.17, 15) is 9.90 Å². The second-order valence-corrected chi connectivity index (χ2v) is 6.36. The summed E-state index contributed by atoms with van der Waals surface area (Å²) in [5, 5.41) is 12.0. The van der Waals surface area contributed by atoms with Gasteiger partial charge in [-0.2, -0.15) is 0 Å². The fraction of sp³-hybridized carbons (Fsp3) is 0.375. The minimum atomic E-state index is -0.971. The number of rotatable bonds is 5. The van der Waals surface area contributed by atoms with Crippen LogP contribution in [0.5, 0.6) is 0 Å². The van der Waals surface area contributed by atoms with Gasteiger partial charge in [0.05, 0.1) is 5.69 Å². The molecule has 0 aliphatic heterocycles. The number of hydrogen-bond donors (Lipinski definition) is 1. The maximum atomic E-state index is 11.3. The van der Waals surface area contributed by atoms with E-state index in [1.807, 2.05) is 5.38 Å². The maximum Gasteiger partial charge on any atom is 0.315 e. The quantitative estimate of drug-likeness (QED) is 0.908. The smallest absolute Gasteiger partial charge is 0.315 e. The molecule has 0 aliphatic rings. The van der Waals surface area contributed by atoms with E-state index in [4.69, 9.17) is 0 Å². The first-order valence-electron chi connectivity index (χ1n) is 6.90. The zero-order valence-electron chi connectivity index (χ0n) is 12.8. The molecule has 5 heteroatoms. The summed E-state index contributed by atoms with van der Waals surface area (Å²) < 4.78 is 0. The van der Waals surface area contributed by atoms with Gasteiger partial charge in [0.25, 0.3) is 0 Å². The number of benzene rings is 1. The molecule has 2 aromatic rings. The molecule has 0 aliphatic carbocycles. The number of hydrogen-bond acceptors (Lipinski definition) is 4. The van der Waals surface area contributed by atoms with Crippen LogP contribution in [0.1, 0.15) is 32.0 Å². The molecule has 1 aromatic heterocycles. The number of carboxylic acids is 1. The van der Waals surface area contributed by atoms with Crippen LogP contribution in [0.2, 0.25) is 0 Å². The normalized spacial score (nSPS) is 11.4. The van der Waals surface area contributed by atoms with Crippen LogP contribution in [-0.4, -0.2) is 22.6 Å². The van der Waals surface area contributed by atoms with Crippen LogP contribution in [0.25, 0.3) is 0 Å². The Morgan fingerprint density at radius 2 is 1.95 bits per heavy atom. The number of aromatic nitrogens is 1. The number of thiazole rings is 1. The molecular formula is C16H20N2O2S. The van der Waals surface area contributed by atoms with Crippen LogP contribution in [0.4, 0.5) is 10.8 Å². The van der Waals surface area contributed by atoms with Crippen molar-refractivity contribution >= 4 is 28.1 Å². The Bertz CT molecular complexity index is 632. The van der Waals surface area contributed by atoms with Crippen molar-refractivity contribution in [3.63, 3.8) is 0 Å². The van der Waals surface area contributed by atoms with E-state index in [0.717, 1.165) is 17.4 Å². The lowest BCUT2D eigenvalue weighted by molar-refractivity contribution is -0.142. The predicted octanol–water partition coefficient (Wildman–Crippen LogP) is 3.97. The van der Waals surface area contributed by atoms with E-state index in [-0.39, 0.29) is 0 Å². The van der Waals surface area contributed by atoms with Crippen LogP contribution < -0.4 is 4.90 Å². The van der Waals surface area contributed by atoms with Gasteiger partial charge in [0, 0.05) is 17.6 Å². The van der Waals surface area contributed by atoms with Gasteiger partial charge in [-0.15, -0.1) is 11.3 Å². The minimum Gasteiger partial charge on any atom is -0.481 e. The lowest BCUT2D eigenvalue weighted by Gasteiger charge is -2.21. The van der Waals surface area contributed by atoms with Crippen LogP contribution in [0.3, 0.4) is 0 Å². The fourth-order valence-corrected chi connectivity index (χ4v) is 3.02. The molecule has 0 atom stereocenters. The Balaban J connectivity index is 2.34. The summed E-state index contributed by atoms with van der Waals surface area (Å²) >= 11 is 1.48. The van der Waals surface area contributed by atoms with Crippen molar-refractivity contribution < 1.29 is 9.90 Å². The average Bonchev–Trinajstić information content (AvgIpc) is 2.92. The Morgan fingerprint density at radius 1 is 1.33 bits per heavy atom. The second kappa shape index (κ2) is 5.85. The monoisotopic (exact) mass is 304 g/mol.